The van der Waals surface area contributed by atoms with E-state index in [2.05, 4.69) is 0 Å². The Morgan fingerprint density at radius 2 is 2.50 bits per heavy atom. The van der Waals surface area contributed by atoms with Crippen LogP contribution in [0.5, 0.6) is 0 Å². The smallest absolute Gasteiger partial charge is 0.254 e. The molecule has 1 N–H and O–H groups in total. The van der Waals surface area contributed by atoms with E-state index in [9.17, 15) is 4.55 Å². The standard InChI is InChI=1S/C2H6O2S2/c1-2-6(4)5-3/h3H,2H2,1H3. The fourth-order valence-electron chi connectivity index (χ4n) is 0.0527. The van der Waals surface area contributed by atoms with Gasteiger partial charge in [-0.15, -0.1) is 0 Å². The molecule has 0 aromatic carbocycles. The summed E-state index contributed by atoms with van der Waals surface area (Å²) in [6, 6.07) is 0. The van der Waals surface area contributed by atoms with Gasteiger partial charge in [-0.3, -0.25) is 4.55 Å². The molecule has 0 fully saturated rings. The normalized spacial score (nSPS) is 14.5. The maximum Gasteiger partial charge on any atom is 0.254 e. The molecule has 4 heteroatoms. The molecule has 0 bridgehead atoms. The van der Waals surface area contributed by atoms with Gasteiger partial charge in [-0.1, -0.05) is 0 Å². The molecule has 0 rings (SSSR count). The summed E-state index contributed by atoms with van der Waals surface area (Å²) in [6.45, 7) is 1.75. The highest BCUT2D eigenvalue weighted by Crippen LogP contribution is 2.04. The second kappa shape index (κ2) is 3.80. The lowest BCUT2D eigenvalue weighted by molar-refractivity contribution is 0.603. The Labute approximate surface area is 43.7 Å². The Hall–Kier alpha value is 0.620. The molecule has 1 unspecified atom stereocenters. The first kappa shape index (κ1) is 6.62. The summed E-state index contributed by atoms with van der Waals surface area (Å²) in [5.74, 6) is 0.515. The van der Waals surface area contributed by atoms with E-state index in [-0.39, 0.29) is 0 Å². The molecule has 0 spiro atoms. The maximum atomic E-state index is 10.0. The van der Waals surface area contributed by atoms with Gasteiger partial charge in [-0.2, -0.15) is 0 Å². The third-order valence-corrected chi connectivity index (χ3v) is 2.16. The first-order chi connectivity index (χ1) is 2.81. The summed E-state index contributed by atoms with van der Waals surface area (Å²) in [6.07, 6.45) is 0. The number of rotatable bonds is 2. The van der Waals surface area contributed by atoms with Crippen LogP contribution in [0.2, 0.25) is 0 Å². The molecule has 38 valence electrons. The van der Waals surface area contributed by atoms with Crippen LogP contribution >= 0.6 is 11.1 Å². The molecule has 0 heterocycles. The third-order valence-electron chi connectivity index (χ3n) is 0.319. The summed E-state index contributed by atoms with van der Waals surface area (Å²) in [5.41, 5.74) is 0. The Balaban J connectivity index is 2.75. The van der Waals surface area contributed by atoms with Crippen LogP contribution in [-0.2, 0) is 10.2 Å². The van der Waals surface area contributed by atoms with E-state index >= 15 is 0 Å². The van der Waals surface area contributed by atoms with Crippen molar-refractivity contribution in [3.05, 3.63) is 0 Å². The molecule has 2 nitrogen and oxygen atoms in total. The van der Waals surface area contributed by atoms with Gasteiger partial charge in [0.2, 0.25) is 0 Å². The fraction of sp³-hybridized carbons (Fsp3) is 1.00. The van der Waals surface area contributed by atoms with Crippen molar-refractivity contribution in [3.8, 4) is 0 Å². The van der Waals surface area contributed by atoms with Gasteiger partial charge in [0, 0.05) is 10.2 Å². The summed E-state index contributed by atoms with van der Waals surface area (Å²) in [5, 5.41) is 0. The fourth-order valence-corrected chi connectivity index (χ4v) is 0.474. The zero-order chi connectivity index (χ0) is 4.99. The van der Waals surface area contributed by atoms with E-state index in [4.69, 9.17) is 4.55 Å². The van der Waals surface area contributed by atoms with Gasteiger partial charge in [0.05, 0.1) is 0 Å². The Morgan fingerprint density at radius 1 is 2.00 bits per heavy atom. The third kappa shape index (κ3) is 2.84. The van der Waals surface area contributed by atoms with Crippen LogP contribution in [0, 0.1) is 0 Å². The summed E-state index contributed by atoms with van der Waals surface area (Å²) >= 11 is 0.397. The van der Waals surface area contributed by atoms with E-state index in [1.165, 1.54) is 0 Å². The van der Waals surface area contributed by atoms with Crippen molar-refractivity contribution in [2.45, 2.75) is 6.92 Å². The monoisotopic (exact) mass is 126 g/mol. The highest BCUT2D eigenvalue weighted by Gasteiger charge is 1.97. The number of hydrogen-bond acceptors (Lipinski definition) is 3. The van der Waals surface area contributed by atoms with Crippen molar-refractivity contribution in [2.75, 3.05) is 5.75 Å². The predicted molar refractivity (Wildman–Crippen MR) is 28.9 cm³/mol. The first-order valence-corrected chi connectivity index (χ1v) is 4.12. The average molecular weight is 126 g/mol. The average Bonchev–Trinajstić information content (AvgIpc) is 1.65. The van der Waals surface area contributed by atoms with Gasteiger partial charge in [-0.25, -0.2) is 0 Å². The van der Waals surface area contributed by atoms with E-state index in [0.29, 0.717) is 16.8 Å². The summed E-state index contributed by atoms with van der Waals surface area (Å²) in [4.78, 5) is 0. The SMILES string of the molecule is CC[S+]([O-])SO. The van der Waals surface area contributed by atoms with Gasteiger partial charge in [0.15, 0.2) is 0 Å². The van der Waals surface area contributed by atoms with E-state index in [1.807, 2.05) is 0 Å². The molecular formula is C2H6O2S2. The van der Waals surface area contributed by atoms with Crippen LogP contribution in [0.4, 0.5) is 0 Å². The maximum absolute atomic E-state index is 10.0. The lowest BCUT2D eigenvalue weighted by Gasteiger charge is -1.95. The van der Waals surface area contributed by atoms with E-state index in [1.54, 1.807) is 6.92 Å². The molecular weight excluding hydrogens is 120 g/mol. The highest BCUT2D eigenvalue weighted by molar-refractivity contribution is 8.69. The molecule has 1 atom stereocenters. The van der Waals surface area contributed by atoms with Crippen LogP contribution in [0.3, 0.4) is 0 Å². The van der Waals surface area contributed by atoms with Crippen molar-refractivity contribution in [1.29, 1.82) is 0 Å². The minimum Gasteiger partial charge on any atom is -0.603 e. The van der Waals surface area contributed by atoms with Crippen molar-refractivity contribution in [3.63, 3.8) is 0 Å². The minimum absolute atomic E-state index is 0.397. The van der Waals surface area contributed by atoms with Crippen LogP contribution < -0.4 is 0 Å². The first-order valence-electron chi connectivity index (χ1n) is 1.51. The van der Waals surface area contributed by atoms with E-state index < -0.39 is 10.2 Å². The Morgan fingerprint density at radius 3 is 2.50 bits per heavy atom. The van der Waals surface area contributed by atoms with E-state index in [0.717, 1.165) is 0 Å². The van der Waals surface area contributed by atoms with Crippen molar-refractivity contribution < 1.29 is 9.11 Å². The van der Waals surface area contributed by atoms with Crippen LogP contribution in [0.25, 0.3) is 0 Å². The molecule has 0 amide bonds. The zero-order valence-corrected chi connectivity index (χ0v) is 5.01. The molecule has 0 aliphatic carbocycles. The zero-order valence-electron chi connectivity index (χ0n) is 3.38. The second-order valence-corrected chi connectivity index (χ2v) is 3.56. The molecule has 0 saturated heterocycles. The molecule has 0 aliphatic rings. The molecule has 0 aliphatic heterocycles. The van der Waals surface area contributed by atoms with Gasteiger partial charge in [0.1, 0.15) is 5.75 Å². The van der Waals surface area contributed by atoms with Gasteiger partial charge in [0.25, 0.3) is 11.1 Å². The Kier molecular flexibility index (Phi) is 4.19. The second-order valence-electron chi connectivity index (χ2n) is 0.667. The summed E-state index contributed by atoms with van der Waals surface area (Å²) in [7, 11) is -1.06. The minimum atomic E-state index is -1.06. The lowest BCUT2D eigenvalue weighted by atomic mass is 11.0. The van der Waals surface area contributed by atoms with Gasteiger partial charge < -0.3 is 4.55 Å². The molecule has 6 heavy (non-hydrogen) atoms. The quantitative estimate of drug-likeness (QED) is 0.339. The van der Waals surface area contributed by atoms with Gasteiger partial charge in [-0.05, 0) is 6.92 Å². The Bertz CT molecular complexity index is 28.7. The summed E-state index contributed by atoms with van der Waals surface area (Å²) < 4.78 is 18.0. The number of hydrogen-bond donors (Lipinski definition) is 1. The van der Waals surface area contributed by atoms with Crippen LogP contribution in [-0.4, -0.2) is 14.9 Å². The van der Waals surface area contributed by atoms with Crippen LogP contribution in [0.1, 0.15) is 6.92 Å². The molecule has 0 saturated carbocycles. The van der Waals surface area contributed by atoms with Crippen molar-refractivity contribution in [1.82, 2.24) is 0 Å². The molecule has 0 aromatic heterocycles. The largest absolute Gasteiger partial charge is 0.603 e. The van der Waals surface area contributed by atoms with Crippen LogP contribution in [0.15, 0.2) is 0 Å². The van der Waals surface area contributed by atoms with Gasteiger partial charge >= 0.3 is 0 Å². The highest BCUT2D eigenvalue weighted by atomic mass is 33.1. The molecule has 0 radical (unpaired) electrons. The van der Waals surface area contributed by atoms with Crippen molar-refractivity contribution >= 4 is 21.3 Å². The lowest BCUT2D eigenvalue weighted by Crippen LogP contribution is -1.93. The predicted octanol–water partition coefficient (Wildman–Crippen LogP) is 0.876. The van der Waals surface area contributed by atoms with Crippen molar-refractivity contribution in [2.24, 2.45) is 0 Å². The topological polar surface area (TPSA) is 43.3 Å². The molecule has 0 aromatic rings.